The fourth-order valence-electron chi connectivity index (χ4n) is 4.83. The van der Waals surface area contributed by atoms with Gasteiger partial charge in [0.1, 0.15) is 29.8 Å². The van der Waals surface area contributed by atoms with E-state index in [1.807, 2.05) is 61.7 Å². The molecule has 2 aromatic carbocycles. The first-order valence-electron chi connectivity index (χ1n) is 11.9. The number of hydrogen-bond acceptors (Lipinski definition) is 5. The molecule has 7 nitrogen and oxygen atoms in total. The van der Waals surface area contributed by atoms with E-state index in [9.17, 15) is 4.79 Å². The maximum absolute atomic E-state index is 12.7. The lowest BCUT2D eigenvalue weighted by Crippen LogP contribution is -2.30. The SMILES string of the molecule is Cc1ccc(C2C(=O)Nc3ccc(-c4cncc(OC[C@@H](N)Cc5c[nH]c6ccccc56)c4)cc32)o1. The second kappa shape index (κ2) is 9.02. The summed E-state index contributed by atoms with van der Waals surface area (Å²) >= 11 is 0. The molecule has 4 N–H and O–H groups in total. The zero-order valence-electron chi connectivity index (χ0n) is 19.8. The minimum Gasteiger partial charge on any atom is -0.490 e. The first kappa shape index (κ1) is 22.1. The van der Waals surface area contributed by atoms with Crippen molar-refractivity contribution in [2.24, 2.45) is 5.73 Å². The number of aromatic amines is 1. The van der Waals surface area contributed by atoms with Gasteiger partial charge >= 0.3 is 0 Å². The average molecular weight is 479 g/mol. The number of rotatable bonds is 7. The van der Waals surface area contributed by atoms with Gasteiger partial charge in [0.2, 0.25) is 5.91 Å². The molecule has 5 aromatic rings. The minimum atomic E-state index is -0.469. The monoisotopic (exact) mass is 478 g/mol. The number of carbonyl (C=O) groups excluding carboxylic acids is 1. The summed E-state index contributed by atoms with van der Waals surface area (Å²) in [6.45, 7) is 2.24. The number of aryl methyl sites for hydroxylation is 1. The number of furan rings is 1. The van der Waals surface area contributed by atoms with Gasteiger partial charge in [-0.3, -0.25) is 9.78 Å². The third-order valence-electron chi connectivity index (χ3n) is 6.60. The number of aromatic nitrogens is 2. The molecule has 0 saturated heterocycles. The number of carbonyl (C=O) groups is 1. The molecule has 4 heterocycles. The minimum absolute atomic E-state index is 0.0871. The van der Waals surface area contributed by atoms with E-state index in [-0.39, 0.29) is 11.9 Å². The molecular formula is C29H26N4O3. The van der Waals surface area contributed by atoms with Crippen molar-refractivity contribution < 1.29 is 13.9 Å². The number of fused-ring (bicyclic) bond motifs is 2. The normalized spacial score (nSPS) is 15.6. The summed E-state index contributed by atoms with van der Waals surface area (Å²) in [6, 6.07) is 19.6. The predicted molar refractivity (Wildman–Crippen MR) is 139 cm³/mol. The number of anilines is 1. The molecule has 0 spiro atoms. The molecule has 6 rings (SSSR count). The first-order chi connectivity index (χ1) is 17.5. The highest BCUT2D eigenvalue weighted by Crippen LogP contribution is 2.40. The van der Waals surface area contributed by atoms with Crippen molar-refractivity contribution in [2.45, 2.75) is 25.3 Å². The lowest BCUT2D eigenvalue weighted by atomic mass is 9.94. The van der Waals surface area contributed by atoms with E-state index in [2.05, 4.69) is 27.4 Å². The van der Waals surface area contributed by atoms with E-state index in [1.165, 1.54) is 10.9 Å². The smallest absolute Gasteiger partial charge is 0.239 e. The molecule has 0 bridgehead atoms. The van der Waals surface area contributed by atoms with Gasteiger partial charge in [-0.2, -0.15) is 0 Å². The first-order valence-corrected chi connectivity index (χ1v) is 11.9. The van der Waals surface area contributed by atoms with Crippen molar-refractivity contribution in [3.63, 3.8) is 0 Å². The molecule has 0 saturated carbocycles. The number of nitrogens with zero attached hydrogens (tertiary/aromatic N) is 1. The number of amides is 1. The van der Waals surface area contributed by atoms with Crippen LogP contribution in [0.3, 0.4) is 0 Å². The van der Waals surface area contributed by atoms with Crippen LogP contribution in [0.1, 0.15) is 28.6 Å². The molecule has 2 atom stereocenters. The van der Waals surface area contributed by atoms with Gasteiger partial charge in [-0.05, 0) is 66.4 Å². The topological polar surface area (TPSA) is 106 Å². The van der Waals surface area contributed by atoms with Crippen molar-refractivity contribution in [3.8, 4) is 16.9 Å². The van der Waals surface area contributed by atoms with E-state index in [0.29, 0.717) is 24.5 Å². The van der Waals surface area contributed by atoms with Crippen molar-refractivity contribution in [1.29, 1.82) is 0 Å². The zero-order valence-corrected chi connectivity index (χ0v) is 19.8. The van der Waals surface area contributed by atoms with E-state index < -0.39 is 5.92 Å². The van der Waals surface area contributed by atoms with Crippen molar-refractivity contribution in [3.05, 3.63) is 102 Å². The molecule has 1 unspecified atom stereocenters. The summed E-state index contributed by atoms with van der Waals surface area (Å²) in [5.74, 6) is 1.51. The maximum Gasteiger partial charge on any atom is 0.239 e. The van der Waals surface area contributed by atoms with E-state index in [1.54, 1.807) is 12.4 Å². The number of ether oxygens (including phenoxy) is 1. The van der Waals surface area contributed by atoms with Crippen LogP contribution >= 0.6 is 0 Å². The molecule has 0 aliphatic carbocycles. The molecule has 1 aliphatic rings. The summed E-state index contributed by atoms with van der Waals surface area (Å²) in [4.78, 5) is 20.3. The van der Waals surface area contributed by atoms with Crippen LogP contribution in [0, 0.1) is 6.92 Å². The molecule has 3 aromatic heterocycles. The Kier molecular flexibility index (Phi) is 5.54. The van der Waals surface area contributed by atoms with Crippen LogP contribution in [-0.2, 0) is 11.2 Å². The van der Waals surface area contributed by atoms with E-state index in [0.717, 1.165) is 33.7 Å². The number of pyridine rings is 1. The quantitative estimate of drug-likeness (QED) is 0.299. The van der Waals surface area contributed by atoms with Gasteiger partial charge in [0, 0.05) is 40.6 Å². The Labute approximate surface area is 208 Å². The molecule has 7 heteroatoms. The van der Waals surface area contributed by atoms with Crippen LogP contribution in [0.4, 0.5) is 5.69 Å². The molecule has 1 aliphatic heterocycles. The van der Waals surface area contributed by atoms with E-state index in [4.69, 9.17) is 14.9 Å². The molecule has 180 valence electrons. The van der Waals surface area contributed by atoms with Crippen LogP contribution < -0.4 is 15.8 Å². The van der Waals surface area contributed by atoms with Crippen LogP contribution in [0.5, 0.6) is 5.75 Å². The van der Waals surface area contributed by atoms with E-state index >= 15 is 0 Å². The summed E-state index contributed by atoms with van der Waals surface area (Å²) in [6.07, 6.45) is 6.19. The van der Waals surface area contributed by atoms with Crippen molar-refractivity contribution in [2.75, 3.05) is 11.9 Å². The summed E-state index contributed by atoms with van der Waals surface area (Å²) in [5, 5.41) is 4.14. The van der Waals surface area contributed by atoms with Crippen LogP contribution in [0.2, 0.25) is 0 Å². The second-order valence-corrected chi connectivity index (χ2v) is 9.22. The Morgan fingerprint density at radius 1 is 1.08 bits per heavy atom. The standard InChI is InChI=1S/C29H26N4O3/c1-17-6-9-27(36-17)28-24-12-18(7-8-26(24)33-29(28)34)19-11-22(15-31-13-19)35-16-21(30)10-20-14-32-25-5-3-2-4-23(20)25/h2-9,11-15,21,28,32H,10,16,30H2,1H3,(H,33,34)/t21-,28?/m0/s1. The number of H-pyrrole nitrogens is 1. The molecular weight excluding hydrogens is 452 g/mol. The number of nitrogens with two attached hydrogens (primary N) is 1. The Hall–Kier alpha value is -4.36. The second-order valence-electron chi connectivity index (χ2n) is 9.22. The lowest BCUT2D eigenvalue weighted by molar-refractivity contribution is -0.116. The fraction of sp³-hybridized carbons (Fsp3) is 0.172. The molecule has 1 amide bonds. The summed E-state index contributed by atoms with van der Waals surface area (Å²) in [7, 11) is 0. The highest BCUT2D eigenvalue weighted by atomic mass is 16.5. The van der Waals surface area contributed by atoms with Crippen LogP contribution in [0.25, 0.3) is 22.0 Å². The predicted octanol–water partition coefficient (Wildman–Crippen LogP) is 5.16. The number of nitrogens with one attached hydrogen (secondary N) is 2. The molecule has 36 heavy (non-hydrogen) atoms. The highest BCUT2D eigenvalue weighted by Gasteiger charge is 2.34. The Morgan fingerprint density at radius 3 is 2.83 bits per heavy atom. The fourth-order valence-corrected chi connectivity index (χ4v) is 4.83. The Balaban J connectivity index is 1.18. The largest absolute Gasteiger partial charge is 0.490 e. The number of benzene rings is 2. The zero-order chi connectivity index (χ0) is 24.6. The summed E-state index contributed by atoms with van der Waals surface area (Å²) in [5.41, 5.74) is 12.2. The van der Waals surface area contributed by atoms with Gasteiger partial charge in [-0.15, -0.1) is 0 Å². The van der Waals surface area contributed by atoms with Gasteiger partial charge < -0.3 is 25.2 Å². The Bertz CT molecular complexity index is 1570. The number of para-hydroxylation sites is 1. The highest BCUT2D eigenvalue weighted by molar-refractivity contribution is 6.05. The van der Waals surface area contributed by atoms with Gasteiger partial charge in [-0.1, -0.05) is 24.3 Å². The third-order valence-corrected chi connectivity index (χ3v) is 6.60. The lowest BCUT2D eigenvalue weighted by Gasteiger charge is -2.14. The van der Waals surface area contributed by atoms with Crippen LogP contribution in [0.15, 0.2) is 83.7 Å². The molecule has 0 fully saturated rings. The van der Waals surface area contributed by atoms with Gasteiger partial charge in [-0.25, -0.2) is 0 Å². The van der Waals surface area contributed by atoms with Gasteiger partial charge in [0.05, 0.1) is 6.20 Å². The number of hydrogen-bond donors (Lipinski definition) is 3. The average Bonchev–Trinajstić information content (AvgIpc) is 3.59. The summed E-state index contributed by atoms with van der Waals surface area (Å²) < 4.78 is 11.8. The van der Waals surface area contributed by atoms with Crippen LogP contribution in [-0.4, -0.2) is 28.5 Å². The maximum atomic E-state index is 12.7. The van der Waals surface area contributed by atoms with Crippen molar-refractivity contribution >= 4 is 22.5 Å². The Morgan fingerprint density at radius 2 is 1.97 bits per heavy atom. The van der Waals surface area contributed by atoms with Gasteiger partial charge in [0.25, 0.3) is 0 Å². The third kappa shape index (κ3) is 4.14. The van der Waals surface area contributed by atoms with Gasteiger partial charge in [0.15, 0.2) is 0 Å². The molecule has 0 radical (unpaired) electrons. The van der Waals surface area contributed by atoms with Crippen molar-refractivity contribution in [1.82, 2.24) is 9.97 Å².